The molecule has 4 rings (SSSR count). The average molecular weight is 414 g/mol. The van der Waals surface area contributed by atoms with Crippen LogP contribution in [0, 0.1) is 13.8 Å². The molecule has 9 heteroatoms. The molecule has 0 radical (unpaired) electrons. The van der Waals surface area contributed by atoms with Crippen molar-refractivity contribution < 1.29 is 13.5 Å². The third-order valence-electron chi connectivity index (χ3n) is 5.34. The van der Waals surface area contributed by atoms with Crippen molar-refractivity contribution in [3.63, 3.8) is 0 Å². The molecule has 1 fully saturated rings. The highest BCUT2D eigenvalue weighted by Crippen LogP contribution is 2.32. The molecule has 3 aromatic rings. The van der Waals surface area contributed by atoms with Crippen LogP contribution in [0.5, 0.6) is 0 Å². The highest BCUT2D eigenvalue weighted by molar-refractivity contribution is 7.83. The number of amides is 1. The Morgan fingerprint density at radius 2 is 2.00 bits per heavy atom. The molecule has 152 valence electrons. The van der Waals surface area contributed by atoms with E-state index in [9.17, 15) is 13.8 Å². The van der Waals surface area contributed by atoms with E-state index < -0.39 is 22.5 Å². The number of H-pyrrole nitrogens is 1. The molecule has 0 bridgehead atoms. The Labute approximate surface area is 169 Å². The van der Waals surface area contributed by atoms with Gasteiger partial charge in [0.15, 0.2) is 0 Å². The zero-order valence-corrected chi connectivity index (χ0v) is 17.0. The maximum Gasteiger partial charge on any atom is 0.261 e. The number of hydrogen-bond donors (Lipinski definition) is 3. The van der Waals surface area contributed by atoms with Crippen LogP contribution in [0.15, 0.2) is 32.4 Å². The zero-order valence-electron chi connectivity index (χ0n) is 16.2. The SMILES string of the molecule is Cc1noc(C)c1-c1cc(S(=O)NC2CCCC2)c2cc(C(N)=O)c(=O)[nH]c2c1. The standard InChI is InChI=1S/C20H22N4O4S/c1-10-18(11(2)28-23-10)12-7-16-14(9-15(19(21)25)20(26)22-16)17(8-12)29(27)24-13-5-3-4-6-13/h7-9,13,24H,3-6H2,1-2H3,(H2,21,25)(H,22,26). The van der Waals surface area contributed by atoms with Crippen molar-refractivity contribution in [1.29, 1.82) is 0 Å². The Morgan fingerprint density at radius 3 is 2.62 bits per heavy atom. The molecule has 0 saturated heterocycles. The van der Waals surface area contributed by atoms with Gasteiger partial charge in [-0.25, -0.2) is 8.93 Å². The summed E-state index contributed by atoms with van der Waals surface area (Å²) in [5, 5.41) is 4.50. The summed E-state index contributed by atoms with van der Waals surface area (Å²) < 4.78 is 21.7. The van der Waals surface area contributed by atoms with Crippen molar-refractivity contribution in [2.75, 3.05) is 0 Å². The molecule has 1 aliphatic rings. The number of carbonyl (C=O) groups is 1. The number of rotatable bonds is 5. The van der Waals surface area contributed by atoms with Crippen molar-refractivity contribution in [3.05, 3.63) is 45.6 Å². The molecule has 1 unspecified atom stereocenters. The summed E-state index contributed by atoms with van der Waals surface area (Å²) in [6.45, 7) is 3.62. The number of aromatic amines is 1. The van der Waals surface area contributed by atoms with Gasteiger partial charge in [0.25, 0.3) is 11.5 Å². The van der Waals surface area contributed by atoms with Crippen LogP contribution in [0.1, 0.15) is 47.5 Å². The van der Waals surface area contributed by atoms with E-state index in [0.717, 1.165) is 36.8 Å². The number of aryl methyl sites for hydroxylation is 2. The smallest absolute Gasteiger partial charge is 0.261 e. The molecule has 1 saturated carbocycles. The Hall–Kier alpha value is -2.78. The van der Waals surface area contributed by atoms with Crippen LogP contribution in [0.4, 0.5) is 0 Å². The van der Waals surface area contributed by atoms with Gasteiger partial charge in [-0.1, -0.05) is 18.0 Å². The lowest BCUT2D eigenvalue weighted by Crippen LogP contribution is -2.28. The van der Waals surface area contributed by atoms with Gasteiger partial charge in [0.1, 0.15) is 22.3 Å². The molecule has 29 heavy (non-hydrogen) atoms. The van der Waals surface area contributed by atoms with Crippen molar-refractivity contribution in [1.82, 2.24) is 14.9 Å². The molecular weight excluding hydrogens is 392 g/mol. The second-order valence-corrected chi connectivity index (χ2v) is 8.59. The minimum Gasteiger partial charge on any atom is -0.365 e. The summed E-state index contributed by atoms with van der Waals surface area (Å²) >= 11 is 0. The first-order chi connectivity index (χ1) is 13.8. The third-order valence-corrected chi connectivity index (χ3v) is 6.62. The number of benzene rings is 1. The van der Waals surface area contributed by atoms with Gasteiger partial charge in [0, 0.05) is 17.0 Å². The first-order valence-corrected chi connectivity index (χ1v) is 10.6. The fourth-order valence-electron chi connectivity index (χ4n) is 3.91. The first-order valence-electron chi connectivity index (χ1n) is 9.47. The maximum atomic E-state index is 13.2. The number of fused-ring (bicyclic) bond motifs is 1. The predicted octanol–water partition coefficient (Wildman–Crippen LogP) is 2.45. The van der Waals surface area contributed by atoms with Gasteiger partial charge in [-0.15, -0.1) is 0 Å². The Balaban J connectivity index is 1.93. The fourth-order valence-corrected chi connectivity index (χ4v) is 5.18. The first kappa shape index (κ1) is 19.5. The summed E-state index contributed by atoms with van der Waals surface area (Å²) in [6.07, 6.45) is 4.15. The minimum atomic E-state index is -1.54. The Morgan fingerprint density at radius 1 is 1.28 bits per heavy atom. The van der Waals surface area contributed by atoms with Gasteiger partial charge < -0.3 is 15.2 Å². The van der Waals surface area contributed by atoms with Crippen LogP contribution in [0.3, 0.4) is 0 Å². The number of carbonyl (C=O) groups excluding carboxylic acids is 1. The van der Waals surface area contributed by atoms with Crippen LogP contribution in [0.25, 0.3) is 22.0 Å². The number of hydrogen-bond acceptors (Lipinski definition) is 5. The molecule has 2 aromatic heterocycles. The van der Waals surface area contributed by atoms with E-state index in [1.165, 1.54) is 6.07 Å². The van der Waals surface area contributed by atoms with E-state index in [0.29, 0.717) is 27.3 Å². The second kappa shape index (κ2) is 7.57. The predicted molar refractivity (Wildman–Crippen MR) is 110 cm³/mol. The van der Waals surface area contributed by atoms with Crippen molar-refractivity contribution in [3.8, 4) is 11.1 Å². The van der Waals surface area contributed by atoms with E-state index in [1.54, 1.807) is 19.1 Å². The van der Waals surface area contributed by atoms with E-state index in [1.807, 2.05) is 6.92 Å². The average Bonchev–Trinajstić information content (AvgIpc) is 3.29. The number of nitrogens with two attached hydrogens (primary N) is 1. The molecule has 2 heterocycles. The van der Waals surface area contributed by atoms with Gasteiger partial charge in [0.2, 0.25) is 0 Å². The third kappa shape index (κ3) is 3.63. The van der Waals surface area contributed by atoms with E-state index in [2.05, 4.69) is 14.9 Å². The van der Waals surface area contributed by atoms with Crippen molar-refractivity contribution >= 4 is 27.8 Å². The Kier molecular flexibility index (Phi) is 5.10. The van der Waals surface area contributed by atoms with Crippen LogP contribution < -0.4 is 16.0 Å². The van der Waals surface area contributed by atoms with Crippen LogP contribution >= 0.6 is 0 Å². The van der Waals surface area contributed by atoms with E-state index >= 15 is 0 Å². The van der Waals surface area contributed by atoms with Gasteiger partial charge in [-0.05, 0) is 50.5 Å². The molecular formula is C20H22N4O4S. The molecule has 0 aliphatic heterocycles. The summed E-state index contributed by atoms with van der Waals surface area (Å²) in [4.78, 5) is 27.1. The molecule has 1 atom stereocenters. The number of nitrogens with zero attached hydrogens (tertiary/aromatic N) is 1. The van der Waals surface area contributed by atoms with Gasteiger partial charge in [-0.3, -0.25) is 9.59 Å². The molecule has 1 aliphatic carbocycles. The highest BCUT2D eigenvalue weighted by Gasteiger charge is 2.22. The number of primary amides is 1. The summed E-state index contributed by atoms with van der Waals surface area (Å²) in [7, 11) is -1.54. The van der Waals surface area contributed by atoms with Crippen LogP contribution in [0.2, 0.25) is 0 Å². The number of nitrogens with one attached hydrogen (secondary N) is 2. The number of pyridine rings is 1. The van der Waals surface area contributed by atoms with E-state index in [4.69, 9.17) is 10.3 Å². The maximum absolute atomic E-state index is 13.2. The lowest BCUT2D eigenvalue weighted by Gasteiger charge is -2.15. The van der Waals surface area contributed by atoms with Crippen molar-refractivity contribution in [2.24, 2.45) is 5.73 Å². The Bertz CT molecular complexity index is 1170. The summed E-state index contributed by atoms with van der Waals surface area (Å²) in [6, 6.07) is 5.14. The van der Waals surface area contributed by atoms with Crippen molar-refractivity contribution in [2.45, 2.75) is 50.5 Å². The summed E-state index contributed by atoms with van der Waals surface area (Å²) in [5.41, 5.74) is 7.26. The molecule has 8 nitrogen and oxygen atoms in total. The highest BCUT2D eigenvalue weighted by atomic mass is 32.2. The second-order valence-electron chi connectivity index (χ2n) is 7.38. The molecule has 4 N–H and O–H groups in total. The normalized spacial score (nSPS) is 15.8. The quantitative estimate of drug-likeness (QED) is 0.590. The van der Waals surface area contributed by atoms with Crippen LogP contribution in [-0.2, 0) is 11.0 Å². The topological polar surface area (TPSA) is 131 Å². The van der Waals surface area contributed by atoms with Gasteiger partial charge in [0.05, 0.1) is 16.1 Å². The summed E-state index contributed by atoms with van der Waals surface area (Å²) in [5.74, 6) is -0.207. The number of aromatic nitrogens is 2. The molecule has 1 amide bonds. The lowest BCUT2D eigenvalue weighted by molar-refractivity contribution is 0.0999. The fraction of sp³-hybridized carbons (Fsp3) is 0.350. The minimum absolute atomic E-state index is 0.165. The van der Waals surface area contributed by atoms with Crippen LogP contribution in [-0.4, -0.2) is 26.3 Å². The largest absolute Gasteiger partial charge is 0.365 e. The van der Waals surface area contributed by atoms with Gasteiger partial charge >= 0.3 is 0 Å². The zero-order chi connectivity index (χ0) is 20.7. The molecule has 1 aromatic carbocycles. The van der Waals surface area contributed by atoms with E-state index in [-0.39, 0.29) is 11.6 Å². The molecule has 0 spiro atoms. The monoisotopic (exact) mass is 414 g/mol. The van der Waals surface area contributed by atoms with Gasteiger partial charge in [-0.2, -0.15) is 0 Å². The lowest BCUT2D eigenvalue weighted by atomic mass is 10.0.